The van der Waals surface area contributed by atoms with Crippen LogP contribution in [0.2, 0.25) is 0 Å². The number of carbonyl (C=O) groups is 2. The number of rotatable bonds is 0. The second kappa shape index (κ2) is 4.57. The lowest BCUT2D eigenvalue weighted by Gasteiger charge is -2.47. The molecule has 21 heavy (non-hydrogen) atoms. The summed E-state index contributed by atoms with van der Waals surface area (Å²) in [6, 6.07) is 0. The van der Waals surface area contributed by atoms with Gasteiger partial charge in [-0.2, -0.15) is 0 Å². The predicted molar refractivity (Wildman–Crippen MR) is 76.1 cm³/mol. The SMILES string of the molecule is CN1CCOC2C1=C1CCCCC1C1C(=O)N(C)C(=O)C21. The van der Waals surface area contributed by atoms with Crippen molar-refractivity contribution in [1.82, 2.24) is 9.80 Å². The summed E-state index contributed by atoms with van der Waals surface area (Å²) >= 11 is 0. The molecule has 0 spiro atoms. The fourth-order valence-electron chi connectivity index (χ4n) is 4.79. The summed E-state index contributed by atoms with van der Waals surface area (Å²) in [4.78, 5) is 28.7. The molecule has 114 valence electrons. The minimum absolute atomic E-state index is 0.00489. The Morgan fingerprint density at radius 3 is 2.67 bits per heavy atom. The van der Waals surface area contributed by atoms with Gasteiger partial charge in [0.2, 0.25) is 11.8 Å². The van der Waals surface area contributed by atoms with Crippen LogP contribution >= 0.6 is 0 Å². The van der Waals surface area contributed by atoms with Crippen molar-refractivity contribution in [3.05, 3.63) is 11.3 Å². The number of fused-ring (bicyclic) bond motifs is 5. The monoisotopic (exact) mass is 290 g/mol. The normalized spacial score (nSPS) is 39.3. The summed E-state index contributed by atoms with van der Waals surface area (Å²) in [5, 5.41) is 0. The van der Waals surface area contributed by atoms with Crippen LogP contribution in [0.5, 0.6) is 0 Å². The minimum Gasteiger partial charge on any atom is -0.373 e. The molecular formula is C16H22N2O3. The van der Waals surface area contributed by atoms with E-state index in [1.165, 1.54) is 22.6 Å². The van der Waals surface area contributed by atoms with E-state index < -0.39 is 0 Å². The second-order valence-corrected chi connectivity index (χ2v) is 6.76. The van der Waals surface area contributed by atoms with Crippen LogP contribution in [-0.4, -0.2) is 55.0 Å². The van der Waals surface area contributed by atoms with E-state index in [0.29, 0.717) is 6.61 Å². The van der Waals surface area contributed by atoms with Gasteiger partial charge in [0.05, 0.1) is 18.4 Å². The molecule has 2 saturated heterocycles. The lowest BCUT2D eigenvalue weighted by atomic mass is 9.65. The average molecular weight is 290 g/mol. The highest BCUT2D eigenvalue weighted by Gasteiger charge is 2.58. The Balaban J connectivity index is 1.86. The van der Waals surface area contributed by atoms with Crippen molar-refractivity contribution in [2.75, 3.05) is 27.2 Å². The zero-order chi connectivity index (χ0) is 14.7. The molecule has 5 heteroatoms. The quantitative estimate of drug-likeness (QED) is 0.625. The van der Waals surface area contributed by atoms with Crippen LogP contribution in [0, 0.1) is 17.8 Å². The zero-order valence-corrected chi connectivity index (χ0v) is 12.7. The smallest absolute Gasteiger partial charge is 0.235 e. The number of allylic oxidation sites excluding steroid dienone is 1. The first-order valence-electron chi connectivity index (χ1n) is 7.98. The Labute approximate surface area is 124 Å². The molecule has 4 aliphatic rings. The number of imide groups is 1. The molecular weight excluding hydrogens is 268 g/mol. The molecule has 0 aromatic carbocycles. The molecule has 4 atom stereocenters. The fourth-order valence-corrected chi connectivity index (χ4v) is 4.79. The molecule has 1 saturated carbocycles. The number of carbonyl (C=O) groups excluding carboxylic acids is 2. The van der Waals surface area contributed by atoms with E-state index >= 15 is 0 Å². The van der Waals surface area contributed by atoms with E-state index in [0.717, 1.165) is 25.8 Å². The summed E-state index contributed by atoms with van der Waals surface area (Å²) in [5.74, 6) is -0.275. The zero-order valence-electron chi connectivity index (χ0n) is 12.7. The lowest BCUT2D eigenvalue weighted by Crippen LogP contribution is -2.51. The Bertz CT molecular complexity index is 542. The lowest BCUT2D eigenvalue weighted by molar-refractivity contribution is -0.139. The molecule has 0 radical (unpaired) electrons. The molecule has 0 N–H and O–H groups in total. The molecule has 2 amide bonds. The standard InChI is InChI=1S/C16H22N2O3/c1-17-7-8-21-14-12-11(15(19)18(2)16(12)20)9-5-3-4-6-10(9)13(14)17/h9,11-12,14H,3-8H2,1-2H3. The maximum Gasteiger partial charge on any atom is 0.235 e. The largest absolute Gasteiger partial charge is 0.373 e. The highest BCUT2D eigenvalue weighted by molar-refractivity contribution is 6.06. The number of likely N-dealkylation sites (tertiary alicyclic amines) is 1. The van der Waals surface area contributed by atoms with E-state index in [2.05, 4.69) is 11.9 Å². The molecule has 0 aromatic rings. The fraction of sp³-hybridized carbons (Fsp3) is 0.750. The second-order valence-electron chi connectivity index (χ2n) is 6.76. The number of likely N-dealkylation sites (N-methyl/N-ethyl adjacent to an activating group) is 1. The van der Waals surface area contributed by atoms with Crippen LogP contribution < -0.4 is 0 Å². The van der Waals surface area contributed by atoms with Crippen LogP contribution in [0.25, 0.3) is 0 Å². The number of amides is 2. The van der Waals surface area contributed by atoms with Gasteiger partial charge >= 0.3 is 0 Å². The Morgan fingerprint density at radius 1 is 1.10 bits per heavy atom. The van der Waals surface area contributed by atoms with Crippen LogP contribution in [0.4, 0.5) is 0 Å². The minimum atomic E-state index is -0.299. The first-order chi connectivity index (χ1) is 10.1. The Hall–Kier alpha value is -1.36. The molecule has 2 aliphatic carbocycles. The third-order valence-corrected chi connectivity index (χ3v) is 5.77. The van der Waals surface area contributed by atoms with Gasteiger partial charge in [-0.25, -0.2) is 0 Å². The average Bonchev–Trinajstić information content (AvgIpc) is 2.73. The molecule has 3 fully saturated rings. The van der Waals surface area contributed by atoms with Crippen molar-refractivity contribution >= 4 is 11.8 Å². The van der Waals surface area contributed by atoms with Gasteiger partial charge in [0.1, 0.15) is 6.10 Å². The van der Waals surface area contributed by atoms with E-state index in [9.17, 15) is 9.59 Å². The van der Waals surface area contributed by atoms with Crippen molar-refractivity contribution in [1.29, 1.82) is 0 Å². The Kier molecular flexibility index (Phi) is 2.89. The van der Waals surface area contributed by atoms with Crippen LogP contribution in [-0.2, 0) is 14.3 Å². The maximum absolute atomic E-state index is 12.6. The molecule has 4 rings (SSSR count). The summed E-state index contributed by atoms with van der Waals surface area (Å²) < 4.78 is 5.98. The third-order valence-electron chi connectivity index (χ3n) is 5.77. The topological polar surface area (TPSA) is 49.9 Å². The van der Waals surface area contributed by atoms with Crippen molar-refractivity contribution in [2.24, 2.45) is 17.8 Å². The first-order valence-corrected chi connectivity index (χ1v) is 7.98. The molecule has 0 aromatic heterocycles. The van der Waals surface area contributed by atoms with Gasteiger partial charge in [-0.3, -0.25) is 14.5 Å². The van der Waals surface area contributed by atoms with E-state index in [-0.39, 0.29) is 35.7 Å². The van der Waals surface area contributed by atoms with Crippen molar-refractivity contribution < 1.29 is 14.3 Å². The summed E-state index contributed by atoms with van der Waals surface area (Å²) in [7, 11) is 3.71. The maximum atomic E-state index is 12.6. The van der Waals surface area contributed by atoms with E-state index in [1.54, 1.807) is 7.05 Å². The van der Waals surface area contributed by atoms with E-state index in [1.807, 2.05) is 0 Å². The van der Waals surface area contributed by atoms with Crippen LogP contribution in [0.3, 0.4) is 0 Å². The molecule has 0 bridgehead atoms. The summed E-state index contributed by atoms with van der Waals surface area (Å²) in [5.41, 5.74) is 2.61. The van der Waals surface area contributed by atoms with Gasteiger partial charge in [0, 0.05) is 26.3 Å². The number of morpholine rings is 1. The molecule has 4 unspecified atom stereocenters. The van der Waals surface area contributed by atoms with Gasteiger partial charge in [0.15, 0.2) is 0 Å². The van der Waals surface area contributed by atoms with Gasteiger partial charge in [-0.05, 0) is 30.8 Å². The summed E-state index contributed by atoms with van der Waals surface area (Å²) in [6.45, 7) is 1.51. The molecule has 2 aliphatic heterocycles. The van der Waals surface area contributed by atoms with Crippen molar-refractivity contribution in [3.63, 3.8) is 0 Å². The predicted octanol–water partition coefficient (Wildman–Crippen LogP) is 1.01. The highest BCUT2D eigenvalue weighted by atomic mass is 16.5. The Morgan fingerprint density at radius 2 is 1.86 bits per heavy atom. The van der Waals surface area contributed by atoms with Gasteiger partial charge < -0.3 is 9.64 Å². The molecule has 2 heterocycles. The van der Waals surface area contributed by atoms with Crippen LogP contribution in [0.1, 0.15) is 25.7 Å². The van der Waals surface area contributed by atoms with Gasteiger partial charge in [-0.1, -0.05) is 6.42 Å². The van der Waals surface area contributed by atoms with Crippen LogP contribution in [0.15, 0.2) is 11.3 Å². The van der Waals surface area contributed by atoms with Crippen molar-refractivity contribution in [3.8, 4) is 0 Å². The van der Waals surface area contributed by atoms with Gasteiger partial charge in [0.25, 0.3) is 0 Å². The highest BCUT2D eigenvalue weighted by Crippen LogP contribution is 2.51. The number of hydrogen-bond donors (Lipinski definition) is 0. The van der Waals surface area contributed by atoms with Crippen molar-refractivity contribution in [2.45, 2.75) is 31.8 Å². The third kappa shape index (κ3) is 1.67. The first kappa shape index (κ1) is 13.3. The van der Waals surface area contributed by atoms with E-state index in [4.69, 9.17) is 4.74 Å². The number of hydrogen-bond acceptors (Lipinski definition) is 4. The number of nitrogens with zero attached hydrogens (tertiary/aromatic N) is 2. The number of ether oxygens (including phenoxy) is 1. The molecule has 5 nitrogen and oxygen atoms in total. The van der Waals surface area contributed by atoms with Gasteiger partial charge in [-0.15, -0.1) is 0 Å². The summed E-state index contributed by atoms with van der Waals surface area (Å²) in [6.07, 6.45) is 4.22.